The van der Waals surface area contributed by atoms with Crippen LogP contribution in [0.1, 0.15) is 35.3 Å². The lowest BCUT2D eigenvalue weighted by Gasteiger charge is -2.36. The SMILES string of the molecule is CCOC(=O)C1=C(CN2CCCN(C(=O)c3ccccc3)CC2)N(C)C(=O)NC1c1cc(OC)cc(OC)c1. The molecule has 2 aliphatic rings. The van der Waals surface area contributed by atoms with Crippen molar-refractivity contribution in [3.05, 3.63) is 70.9 Å². The summed E-state index contributed by atoms with van der Waals surface area (Å²) in [6.07, 6.45) is 0.771. The Morgan fingerprint density at radius 3 is 2.31 bits per heavy atom. The van der Waals surface area contributed by atoms with Crippen molar-refractivity contribution in [2.75, 3.05) is 60.6 Å². The zero-order valence-electron chi connectivity index (χ0n) is 22.9. The van der Waals surface area contributed by atoms with Gasteiger partial charge >= 0.3 is 12.0 Å². The van der Waals surface area contributed by atoms with Crippen LogP contribution in [0.3, 0.4) is 0 Å². The Labute approximate surface area is 229 Å². The molecule has 1 fully saturated rings. The topological polar surface area (TPSA) is 101 Å². The molecule has 0 aromatic heterocycles. The maximum atomic E-state index is 13.4. The fourth-order valence-electron chi connectivity index (χ4n) is 4.95. The van der Waals surface area contributed by atoms with Gasteiger partial charge in [-0.05, 0) is 43.2 Å². The van der Waals surface area contributed by atoms with Crippen LogP contribution in [0.4, 0.5) is 4.79 Å². The Balaban J connectivity index is 1.64. The summed E-state index contributed by atoms with van der Waals surface area (Å²) in [6, 6.07) is 13.4. The molecule has 0 spiro atoms. The molecule has 0 radical (unpaired) electrons. The molecule has 2 aromatic carbocycles. The molecular weight excluding hydrogens is 500 g/mol. The smallest absolute Gasteiger partial charge is 0.338 e. The van der Waals surface area contributed by atoms with Crippen molar-refractivity contribution in [3.8, 4) is 11.5 Å². The summed E-state index contributed by atoms with van der Waals surface area (Å²) < 4.78 is 16.3. The standard InChI is InChI=1S/C29H36N4O6/c1-5-39-28(35)25-24(19-32-12-9-13-33(15-14-32)27(34)20-10-7-6-8-11-20)31(2)29(36)30-26(25)21-16-22(37-3)18-23(17-21)38-4/h6-8,10-11,16-18,26H,5,9,12-15,19H2,1-4H3,(H,30,36). The second kappa shape index (κ2) is 12.7. The number of nitrogens with zero attached hydrogens (tertiary/aromatic N) is 3. The van der Waals surface area contributed by atoms with E-state index in [0.29, 0.717) is 66.6 Å². The number of ether oxygens (including phenoxy) is 3. The Morgan fingerprint density at radius 1 is 0.974 bits per heavy atom. The number of likely N-dealkylation sites (N-methyl/N-ethyl adjacent to an activating group) is 1. The first kappa shape index (κ1) is 28.0. The third kappa shape index (κ3) is 6.34. The van der Waals surface area contributed by atoms with Gasteiger partial charge in [-0.1, -0.05) is 18.2 Å². The molecule has 1 saturated heterocycles. The lowest BCUT2D eigenvalue weighted by Crippen LogP contribution is -2.49. The molecule has 1 atom stereocenters. The van der Waals surface area contributed by atoms with Gasteiger partial charge < -0.3 is 24.4 Å². The third-order valence-electron chi connectivity index (χ3n) is 7.05. The van der Waals surface area contributed by atoms with Crippen LogP contribution >= 0.6 is 0 Å². The Bertz CT molecular complexity index is 1210. The summed E-state index contributed by atoms with van der Waals surface area (Å²) in [6.45, 7) is 4.79. The first-order valence-corrected chi connectivity index (χ1v) is 13.1. The second-order valence-electron chi connectivity index (χ2n) is 9.46. The number of amides is 3. The molecule has 10 heteroatoms. The minimum atomic E-state index is -0.755. The van der Waals surface area contributed by atoms with Gasteiger partial charge in [-0.25, -0.2) is 9.59 Å². The predicted molar refractivity (Wildman–Crippen MR) is 146 cm³/mol. The lowest BCUT2D eigenvalue weighted by atomic mass is 9.94. The van der Waals surface area contributed by atoms with E-state index in [0.717, 1.165) is 6.42 Å². The number of urea groups is 1. The summed E-state index contributed by atoms with van der Waals surface area (Å²) in [5.41, 5.74) is 2.23. The van der Waals surface area contributed by atoms with Crippen LogP contribution in [0.5, 0.6) is 11.5 Å². The highest BCUT2D eigenvalue weighted by Crippen LogP contribution is 2.35. The van der Waals surface area contributed by atoms with Gasteiger partial charge in [-0.3, -0.25) is 14.6 Å². The number of hydrogen-bond acceptors (Lipinski definition) is 7. The normalized spacial score (nSPS) is 18.4. The Hall–Kier alpha value is -4.05. The van der Waals surface area contributed by atoms with Gasteiger partial charge in [-0.15, -0.1) is 0 Å². The van der Waals surface area contributed by atoms with E-state index in [4.69, 9.17) is 14.2 Å². The van der Waals surface area contributed by atoms with Gasteiger partial charge in [0.05, 0.1) is 32.4 Å². The molecule has 0 bridgehead atoms. The zero-order valence-corrected chi connectivity index (χ0v) is 22.9. The molecule has 0 saturated carbocycles. The van der Waals surface area contributed by atoms with Crippen LogP contribution in [-0.4, -0.2) is 93.2 Å². The Morgan fingerprint density at radius 2 is 1.67 bits per heavy atom. The average Bonchev–Trinajstić information content (AvgIpc) is 3.20. The molecule has 1 unspecified atom stereocenters. The van der Waals surface area contributed by atoms with Crippen molar-refractivity contribution < 1.29 is 28.6 Å². The number of carbonyl (C=O) groups excluding carboxylic acids is 3. The van der Waals surface area contributed by atoms with Crippen LogP contribution in [0.15, 0.2) is 59.8 Å². The molecule has 3 amide bonds. The number of carbonyl (C=O) groups is 3. The zero-order chi connectivity index (χ0) is 27.9. The number of nitrogens with one attached hydrogen (secondary N) is 1. The molecule has 10 nitrogen and oxygen atoms in total. The summed E-state index contributed by atoms with van der Waals surface area (Å²) in [5.74, 6) is 0.586. The van der Waals surface area contributed by atoms with Gasteiger partial charge in [0.2, 0.25) is 0 Å². The number of hydrogen-bond donors (Lipinski definition) is 1. The predicted octanol–water partition coefficient (Wildman–Crippen LogP) is 3.07. The summed E-state index contributed by atoms with van der Waals surface area (Å²) >= 11 is 0. The lowest BCUT2D eigenvalue weighted by molar-refractivity contribution is -0.139. The van der Waals surface area contributed by atoms with Crippen molar-refractivity contribution in [2.24, 2.45) is 0 Å². The van der Waals surface area contributed by atoms with E-state index in [1.807, 2.05) is 35.2 Å². The molecule has 2 heterocycles. The van der Waals surface area contributed by atoms with E-state index in [2.05, 4.69) is 10.2 Å². The fourth-order valence-corrected chi connectivity index (χ4v) is 4.95. The first-order valence-electron chi connectivity index (χ1n) is 13.1. The van der Waals surface area contributed by atoms with Gasteiger partial charge in [-0.2, -0.15) is 0 Å². The van der Waals surface area contributed by atoms with Gasteiger partial charge in [0.1, 0.15) is 11.5 Å². The molecule has 2 aromatic rings. The van der Waals surface area contributed by atoms with Crippen molar-refractivity contribution in [2.45, 2.75) is 19.4 Å². The second-order valence-corrected chi connectivity index (χ2v) is 9.46. The number of esters is 1. The quantitative estimate of drug-likeness (QED) is 0.518. The summed E-state index contributed by atoms with van der Waals surface area (Å²) in [7, 11) is 4.74. The number of benzene rings is 2. The molecule has 0 aliphatic carbocycles. The Kier molecular flexibility index (Phi) is 9.08. The summed E-state index contributed by atoms with van der Waals surface area (Å²) in [5, 5.41) is 2.94. The van der Waals surface area contributed by atoms with Gasteiger partial charge in [0, 0.05) is 57.1 Å². The minimum absolute atomic E-state index is 0.00470. The molecule has 4 rings (SSSR count). The maximum Gasteiger partial charge on any atom is 0.338 e. The van der Waals surface area contributed by atoms with Gasteiger partial charge in [0.15, 0.2) is 0 Å². The minimum Gasteiger partial charge on any atom is -0.497 e. The molecule has 1 N–H and O–H groups in total. The maximum absolute atomic E-state index is 13.4. The molecule has 2 aliphatic heterocycles. The van der Waals surface area contributed by atoms with Crippen molar-refractivity contribution in [1.29, 1.82) is 0 Å². The molecule has 39 heavy (non-hydrogen) atoms. The van der Waals surface area contributed by atoms with Crippen LogP contribution in [-0.2, 0) is 9.53 Å². The van der Waals surface area contributed by atoms with Gasteiger partial charge in [0.25, 0.3) is 5.91 Å². The van der Waals surface area contributed by atoms with E-state index >= 15 is 0 Å². The van der Waals surface area contributed by atoms with E-state index in [9.17, 15) is 14.4 Å². The van der Waals surface area contributed by atoms with Crippen molar-refractivity contribution >= 4 is 17.9 Å². The van der Waals surface area contributed by atoms with Crippen LogP contribution in [0.2, 0.25) is 0 Å². The highest BCUT2D eigenvalue weighted by molar-refractivity contribution is 5.95. The average molecular weight is 537 g/mol. The summed E-state index contributed by atoms with van der Waals surface area (Å²) in [4.78, 5) is 45.0. The van der Waals surface area contributed by atoms with Crippen LogP contribution in [0, 0.1) is 0 Å². The molecular formula is C29H36N4O6. The van der Waals surface area contributed by atoms with E-state index in [1.165, 1.54) is 4.90 Å². The largest absolute Gasteiger partial charge is 0.497 e. The first-order chi connectivity index (χ1) is 18.9. The molecule has 208 valence electrons. The monoisotopic (exact) mass is 536 g/mol. The highest BCUT2D eigenvalue weighted by atomic mass is 16.5. The number of rotatable bonds is 8. The van der Waals surface area contributed by atoms with Crippen molar-refractivity contribution in [3.63, 3.8) is 0 Å². The van der Waals surface area contributed by atoms with E-state index in [1.54, 1.807) is 46.4 Å². The fraction of sp³-hybridized carbons (Fsp3) is 0.414. The number of methoxy groups -OCH3 is 2. The van der Waals surface area contributed by atoms with Crippen LogP contribution in [0.25, 0.3) is 0 Å². The van der Waals surface area contributed by atoms with E-state index in [-0.39, 0.29) is 18.5 Å². The van der Waals surface area contributed by atoms with Crippen LogP contribution < -0.4 is 14.8 Å². The van der Waals surface area contributed by atoms with Crippen molar-refractivity contribution in [1.82, 2.24) is 20.0 Å². The van der Waals surface area contributed by atoms with E-state index < -0.39 is 12.0 Å². The highest BCUT2D eigenvalue weighted by Gasteiger charge is 2.38. The third-order valence-corrected chi connectivity index (χ3v) is 7.05.